The summed E-state index contributed by atoms with van der Waals surface area (Å²) >= 11 is 0. The summed E-state index contributed by atoms with van der Waals surface area (Å²) in [5.74, 6) is 0. The molecule has 0 saturated heterocycles. The van der Waals surface area contributed by atoms with Crippen molar-refractivity contribution in [1.82, 2.24) is 9.78 Å². The molecule has 146 valence electrons. The van der Waals surface area contributed by atoms with Crippen LogP contribution in [-0.4, -0.2) is 23.3 Å². The number of nitrogens with two attached hydrogens (primary N) is 1. The zero-order valence-electron chi connectivity index (χ0n) is 14.2. The van der Waals surface area contributed by atoms with Crippen LogP contribution < -0.4 is 5.14 Å². The molecule has 27 heavy (non-hydrogen) atoms. The SMILES string of the molecule is NS(=O)(=O)c1ccc(-n2nc(C(F)(F)F)cc2C2=CCCCC2)cc1CO. The highest BCUT2D eigenvalue weighted by molar-refractivity contribution is 7.89. The average Bonchev–Trinajstić information content (AvgIpc) is 3.07. The molecule has 0 unspecified atom stereocenters. The standard InChI is InChI=1S/C17H18F3N3O3S/c18-17(19,20)16-9-14(11-4-2-1-3-5-11)23(22-16)13-6-7-15(27(21,25)26)12(8-13)10-24/h4,6-9,24H,1-3,5,10H2,(H2,21,25,26). The van der Waals surface area contributed by atoms with Gasteiger partial charge in [-0.1, -0.05) is 6.08 Å². The van der Waals surface area contributed by atoms with Crippen LogP contribution >= 0.6 is 0 Å². The molecule has 0 spiro atoms. The van der Waals surface area contributed by atoms with Gasteiger partial charge in [-0.15, -0.1) is 0 Å². The van der Waals surface area contributed by atoms with Crippen molar-refractivity contribution in [2.45, 2.75) is 43.4 Å². The number of hydrogen-bond acceptors (Lipinski definition) is 4. The van der Waals surface area contributed by atoms with Crippen LogP contribution in [-0.2, 0) is 22.8 Å². The molecule has 0 aliphatic heterocycles. The van der Waals surface area contributed by atoms with Crippen LogP contribution in [0.2, 0.25) is 0 Å². The predicted octanol–water partition coefficient (Wildman–Crippen LogP) is 2.99. The number of aromatic nitrogens is 2. The molecule has 0 atom stereocenters. The number of alkyl halides is 3. The fourth-order valence-corrected chi connectivity index (χ4v) is 3.86. The topological polar surface area (TPSA) is 98.2 Å². The monoisotopic (exact) mass is 401 g/mol. The maximum atomic E-state index is 13.2. The van der Waals surface area contributed by atoms with E-state index in [0.717, 1.165) is 41.7 Å². The molecule has 0 saturated carbocycles. The zero-order valence-corrected chi connectivity index (χ0v) is 15.0. The van der Waals surface area contributed by atoms with Crippen LogP contribution in [0.25, 0.3) is 11.3 Å². The molecule has 1 aliphatic rings. The summed E-state index contributed by atoms with van der Waals surface area (Å²) in [5, 5.41) is 18.3. The quantitative estimate of drug-likeness (QED) is 0.823. The van der Waals surface area contributed by atoms with Crippen molar-refractivity contribution in [3.63, 3.8) is 0 Å². The molecule has 1 aromatic heterocycles. The molecule has 0 fully saturated rings. The first kappa shape index (κ1) is 19.6. The number of halogens is 3. The smallest absolute Gasteiger partial charge is 0.392 e. The molecule has 1 aliphatic carbocycles. The van der Waals surface area contributed by atoms with Crippen molar-refractivity contribution in [1.29, 1.82) is 0 Å². The molecule has 2 aromatic rings. The highest BCUT2D eigenvalue weighted by Crippen LogP contribution is 2.35. The molecular formula is C17H18F3N3O3S. The van der Waals surface area contributed by atoms with Crippen molar-refractivity contribution in [3.05, 3.63) is 47.3 Å². The van der Waals surface area contributed by atoms with Crippen LogP contribution in [0, 0.1) is 0 Å². The van der Waals surface area contributed by atoms with Gasteiger partial charge in [0.1, 0.15) is 0 Å². The zero-order chi connectivity index (χ0) is 19.8. The predicted molar refractivity (Wildman–Crippen MR) is 92.3 cm³/mol. The third-order valence-corrected chi connectivity index (χ3v) is 5.40. The summed E-state index contributed by atoms with van der Waals surface area (Å²) in [4.78, 5) is -0.282. The van der Waals surface area contributed by atoms with Crippen LogP contribution in [0.3, 0.4) is 0 Å². The Balaban J connectivity index is 2.18. The summed E-state index contributed by atoms with van der Waals surface area (Å²) < 4.78 is 63.9. The molecule has 1 aromatic carbocycles. The highest BCUT2D eigenvalue weighted by Gasteiger charge is 2.35. The largest absolute Gasteiger partial charge is 0.435 e. The van der Waals surface area contributed by atoms with E-state index in [1.54, 1.807) is 0 Å². The number of allylic oxidation sites excluding steroid dienone is 2. The Bertz CT molecular complexity index is 995. The summed E-state index contributed by atoms with van der Waals surface area (Å²) in [7, 11) is -4.07. The minimum Gasteiger partial charge on any atom is -0.392 e. The van der Waals surface area contributed by atoms with Gasteiger partial charge in [-0.05, 0) is 61.1 Å². The van der Waals surface area contributed by atoms with Gasteiger partial charge >= 0.3 is 6.18 Å². The third-order valence-electron chi connectivity index (χ3n) is 4.39. The molecule has 3 rings (SSSR count). The van der Waals surface area contributed by atoms with Gasteiger partial charge in [0.15, 0.2) is 5.69 Å². The Morgan fingerprint density at radius 3 is 2.52 bits per heavy atom. The third kappa shape index (κ3) is 4.07. The van der Waals surface area contributed by atoms with E-state index in [1.807, 2.05) is 6.08 Å². The van der Waals surface area contributed by atoms with Gasteiger partial charge in [-0.2, -0.15) is 18.3 Å². The fourth-order valence-electron chi connectivity index (χ4n) is 3.11. The Labute approximate surface area is 154 Å². The van der Waals surface area contributed by atoms with Crippen LogP contribution in [0.5, 0.6) is 0 Å². The van der Waals surface area contributed by atoms with E-state index in [0.29, 0.717) is 12.1 Å². The minimum atomic E-state index is -4.62. The first-order valence-electron chi connectivity index (χ1n) is 8.25. The molecule has 0 bridgehead atoms. The summed E-state index contributed by atoms with van der Waals surface area (Å²) in [6.07, 6.45) is 0.518. The van der Waals surface area contributed by atoms with E-state index >= 15 is 0 Å². The second-order valence-corrected chi connectivity index (χ2v) is 7.82. The van der Waals surface area contributed by atoms with Gasteiger partial charge in [0.2, 0.25) is 10.0 Å². The van der Waals surface area contributed by atoms with Crippen LogP contribution in [0.4, 0.5) is 13.2 Å². The lowest BCUT2D eigenvalue weighted by Crippen LogP contribution is -2.15. The van der Waals surface area contributed by atoms with E-state index < -0.39 is 28.5 Å². The maximum absolute atomic E-state index is 13.2. The van der Waals surface area contributed by atoms with E-state index in [4.69, 9.17) is 5.14 Å². The molecule has 1 heterocycles. The van der Waals surface area contributed by atoms with Gasteiger partial charge in [0, 0.05) is 0 Å². The summed E-state index contributed by atoms with van der Waals surface area (Å²) in [6, 6.07) is 4.74. The van der Waals surface area contributed by atoms with Crippen molar-refractivity contribution in [3.8, 4) is 5.69 Å². The molecule has 0 radical (unpaired) electrons. The first-order valence-corrected chi connectivity index (χ1v) is 9.79. The van der Waals surface area contributed by atoms with Gasteiger partial charge in [0.25, 0.3) is 0 Å². The van der Waals surface area contributed by atoms with Crippen molar-refractivity contribution >= 4 is 15.6 Å². The van der Waals surface area contributed by atoms with Crippen LogP contribution in [0.15, 0.2) is 35.2 Å². The summed E-state index contributed by atoms with van der Waals surface area (Å²) in [5.41, 5.74) is 0.218. The van der Waals surface area contributed by atoms with Gasteiger partial charge in [-0.25, -0.2) is 18.2 Å². The number of aliphatic hydroxyl groups excluding tert-OH is 1. The number of nitrogens with zero attached hydrogens (tertiary/aromatic N) is 2. The lowest BCUT2D eigenvalue weighted by molar-refractivity contribution is -0.141. The molecule has 0 amide bonds. The van der Waals surface area contributed by atoms with Gasteiger partial charge in [0.05, 0.1) is 22.9 Å². The maximum Gasteiger partial charge on any atom is 0.435 e. The highest BCUT2D eigenvalue weighted by atomic mass is 32.2. The van der Waals surface area contributed by atoms with Gasteiger partial charge in [-0.3, -0.25) is 0 Å². The fraction of sp³-hybridized carbons (Fsp3) is 0.353. The van der Waals surface area contributed by atoms with E-state index in [1.165, 1.54) is 12.1 Å². The lowest BCUT2D eigenvalue weighted by atomic mass is 9.97. The number of rotatable bonds is 4. The number of primary sulfonamides is 1. The Morgan fingerprint density at radius 2 is 1.96 bits per heavy atom. The van der Waals surface area contributed by atoms with Crippen LogP contribution in [0.1, 0.15) is 42.6 Å². The first-order chi connectivity index (χ1) is 12.6. The van der Waals surface area contributed by atoms with E-state index in [9.17, 15) is 26.7 Å². The number of benzene rings is 1. The van der Waals surface area contributed by atoms with Crippen molar-refractivity contribution in [2.75, 3.05) is 0 Å². The minimum absolute atomic E-state index is 0.0115. The molecule has 3 N–H and O–H groups in total. The number of aliphatic hydroxyl groups is 1. The van der Waals surface area contributed by atoms with Gasteiger partial charge < -0.3 is 5.11 Å². The Kier molecular flexibility index (Phi) is 5.15. The van der Waals surface area contributed by atoms with Crippen molar-refractivity contribution in [2.24, 2.45) is 5.14 Å². The normalized spacial score (nSPS) is 15.7. The average molecular weight is 401 g/mol. The molecular weight excluding hydrogens is 383 g/mol. The lowest BCUT2D eigenvalue weighted by Gasteiger charge is -2.15. The Hall–Kier alpha value is -2.17. The molecule has 10 heteroatoms. The van der Waals surface area contributed by atoms with Crippen molar-refractivity contribution < 1.29 is 26.7 Å². The summed E-state index contributed by atoms with van der Waals surface area (Å²) in [6.45, 7) is -0.634. The van der Waals surface area contributed by atoms with E-state index in [-0.39, 0.29) is 16.1 Å². The second kappa shape index (κ2) is 7.10. The second-order valence-electron chi connectivity index (χ2n) is 6.29. The molecule has 6 nitrogen and oxygen atoms in total. The number of sulfonamides is 1. The number of hydrogen-bond donors (Lipinski definition) is 2. The Morgan fingerprint density at radius 1 is 1.22 bits per heavy atom. The van der Waals surface area contributed by atoms with E-state index in [2.05, 4.69) is 5.10 Å².